The summed E-state index contributed by atoms with van der Waals surface area (Å²) in [5.41, 5.74) is 9.92. The molecule has 16 rings (SSSR count). The summed E-state index contributed by atoms with van der Waals surface area (Å²) in [4.78, 5) is 16.5. The van der Waals surface area contributed by atoms with E-state index >= 15 is 0 Å². The van der Waals surface area contributed by atoms with Crippen molar-refractivity contribution in [3.63, 3.8) is 0 Å². The SMILES string of the molecule is c1ccc2cc3c(cc2c1)c1ccc2ccccc2c1n3-c1ccc(-c2nc(-c3cccc4sc5ccccc5c34)nc(-c3cccc4sc5ccccc5c34)n2)cc1-c1ccc2c(c1)oc1ccccc12. The molecule has 0 N–H and O–H groups in total. The van der Waals surface area contributed by atoms with Crippen LogP contribution < -0.4 is 0 Å². The minimum absolute atomic E-state index is 0.597. The summed E-state index contributed by atoms with van der Waals surface area (Å²) >= 11 is 3.60. The predicted molar refractivity (Wildman–Crippen MR) is 304 cm³/mol. The van der Waals surface area contributed by atoms with Crippen LogP contribution in [0.5, 0.6) is 0 Å². The van der Waals surface area contributed by atoms with E-state index in [-0.39, 0.29) is 0 Å². The van der Waals surface area contributed by atoms with Gasteiger partial charge in [0.2, 0.25) is 0 Å². The highest BCUT2D eigenvalue weighted by atomic mass is 32.1. The lowest BCUT2D eigenvalue weighted by Crippen LogP contribution is -2.02. The Morgan fingerprint density at radius 2 is 0.889 bits per heavy atom. The second-order valence-electron chi connectivity index (χ2n) is 18.6. The van der Waals surface area contributed by atoms with Gasteiger partial charge in [-0.2, -0.15) is 0 Å². The first-order chi connectivity index (χ1) is 35.7. The predicted octanol–water partition coefficient (Wildman–Crippen LogP) is 18.6. The Hall–Kier alpha value is -9.01. The van der Waals surface area contributed by atoms with Crippen LogP contribution in [-0.4, -0.2) is 19.5 Å². The zero-order chi connectivity index (χ0) is 47.0. The Kier molecular flexibility index (Phi) is 8.43. The van der Waals surface area contributed by atoms with E-state index in [0.29, 0.717) is 17.5 Å². The van der Waals surface area contributed by atoms with Gasteiger partial charge in [0.05, 0.1) is 16.7 Å². The maximum Gasteiger partial charge on any atom is 0.164 e. The number of hydrogen-bond acceptors (Lipinski definition) is 6. The maximum absolute atomic E-state index is 6.62. The zero-order valence-corrected chi connectivity index (χ0v) is 39.9. The fourth-order valence-corrected chi connectivity index (χ4v) is 13.6. The molecule has 7 heteroatoms. The van der Waals surface area contributed by atoms with Gasteiger partial charge in [0, 0.05) is 89.5 Å². The fraction of sp³-hybridized carbons (Fsp3) is 0. The topological polar surface area (TPSA) is 56.7 Å². The molecule has 0 saturated carbocycles. The smallest absolute Gasteiger partial charge is 0.164 e. The van der Waals surface area contributed by atoms with Crippen molar-refractivity contribution in [3.05, 3.63) is 218 Å². The number of para-hydroxylation sites is 1. The van der Waals surface area contributed by atoms with Crippen molar-refractivity contribution in [3.8, 4) is 51.0 Å². The van der Waals surface area contributed by atoms with Crippen LogP contribution >= 0.6 is 22.7 Å². The third-order valence-corrected chi connectivity index (χ3v) is 16.9. The van der Waals surface area contributed by atoms with Crippen LogP contribution in [-0.2, 0) is 0 Å². The molecule has 5 aromatic heterocycles. The average molecular weight is 953 g/mol. The fourth-order valence-electron chi connectivity index (χ4n) is 11.4. The highest BCUT2D eigenvalue weighted by Gasteiger charge is 2.23. The van der Waals surface area contributed by atoms with Gasteiger partial charge in [-0.05, 0) is 94.5 Å². The summed E-state index contributed by atoms with van der Waals surface area (Å²) in [5.74, 6) is 1.87. The number of rotatable bonds is 5. The van der Waals surface area contributed by atoms with Gasteiger partial charge in [0.15, 0.2) is 17.5 Å². The molecular formula is C65H36N4OS2. The molecular weight excluding hydrogens is 917 g/mol. The number of aromatic nitrogens is 4. The molecule has 0 aliphatic carbocycles. The third-order valence-electron chi connectivity index (χ3n) is 14.6. The molecule has 0 spiro atoms. The molecule has 72 heavy (non-hydrogen) atoms. The zero-order valence-electron chi connectivity index (χ0n) is 38.3. The summed E-state index contributed by atoms with van der Waals surface area (Å²) < 4.78 is 14.0. The first-order valence-corrected chi connectivity index (χ1v) is 25.8. The summed E-state index contributed by atoms with van der Waals surface area (Å²) in [6, 6.07) is 78.6. The van der Waals surface area contributed by atoms with Crippen molar-refractivity contribution in [2.75, 3.05) is 0 Å². The van der Waals surface area contributed by atoms with E-state index in [4.69, 9.17) is 19.4 Å². The molecule has 5 nitrogen and oxygen atoms in total. The third kappa shape index (κ3) is 5.89. The van der Waals surface area contributed by atoms with Crippen molar-refractivity contribution in [2.24, 2.45) is 0 Å². The number of benzene rings is 11. The first kappa shape index (κ1) is 39.8. The molecule has 334 valence electrons. The van der Waals surface area contributed by atoms with E-state index in [2.05, 4.69) is 211 Å². The van der Waals surface area contributed by atoms with Gasteiger partial charge < -0.3 is 8.98 Å². The van der Waals surface area contributed by atoms with E-state index in [0.717, 1.165) is 77.2 Å². The molecule has 0 fully saturated rings. The summed E-state index contributed by atoms with van der Waals surface area (Å²) in [6.45, 7) is 0. The molecule has 5 heterocycles. The van der Waals surface area contributed by atoms with Crippen molar-refractivity contribution in [2.45, 2.75) is 0 Å². The Morgan fingerprint density at radius 1 is 0.333 bits per heavy atom. The van der Waals surface area contributed by atoms with Gasteiger partial charge in [0.1, 0.15) is 11.2 Å². The lowest BCUT2D eigenvalue weighted by molar-refractivity contribution is 0.669. The molecule has 0 atom stereocenters. The average Bonchev–Trinajstić information content (AvgIpc) is 4.21. The molecule has 0 radical (unpaired) electrons. The lowest BCUT2D eigenvalue weighted by atomic mass is 9.98. The second kappa shape index (κ2) is 15.2. The maximum atomic E-state index is 6.62. The molecule has 11 aromatic carbocycles. The van der Waals surface area contributed by atoms with Crippen LogP contribution in [0.15, 0.2) is 223 Å². The first-order valence-electron chi connectivity index (χ1n) is 24.2. The van der Waals surface area contributed by atoms with E-state index in [1.54, 1.807) is 22.7 Å². The Morgan fingerprint density at radius 3 is 1.61 bits per heavy atom. The standard InChI is InChI=1S/C65H36N4OS2/c1-2-15-39-35-53-51(33-38(39)14-1)45-31-27-37-13-3-4-16-42(37)62(45)69(53)52-32-29-41(34-50(52)40-28-30-44-43-17-5-8-22-54(43)70-55(44)36-40)63-66-64(48-20-11-25-58-60(48)46-18-6-9-23-56(46)71-58)68-65(67-63)49-21-12-26-59-61(49)47-19-7-10-24-57(47)72-59/h1-36H. The number of furan rings is 1. The van der Waals surface area contributed by atoms with E-state index in [9.17, 15) is 0 Å². The van der Waals surface area contributed by atoms with Gasteiger partial charge >= 0.3 is 0 Å². The van der Waals surface area contributed by atoms with Gasteiger partial charge in [-0.15, -0.1) is 22.7 Å². The minimum atomic E-state index is 0.597. The minimum Gasteiger partial charge on any atom is -0.456 e. The molecule has 0 amide bonds. The van der Waals surface area contributed by atoms with Gasteiger partial charge in [-0.1, -0.05) is 146 Å². The number of thiophene rings is 2. The van der Waals surface area contributed by atoms with Crippen LogP contribution in [0, 0.1) is 0 Å². The Balaban J connectivity index is 1.01. The Labute approximate surface area is 419 Å². The second-order valence-corrected chi connectivity index (χ2v) is 20.8. The van der Waals surface area contributed by atoms with Crippen molar-refractivity contribution >= 4 is 128 Å². The largest absolute Gasteiger partial charge is 0.456 e. The van der Waals surface area contributed by atoms with E-state index in [1.807, 2.05) is 12.1 Å². The molecule has 16 aromatic rings. The van der Waals surface area contributed by atoms with Crippen molar-refractivity contribution < 1.29 is 4.42 Å². The van der Waals surface area contributed by atoms with Crippen LogP contribution in [0.1, 0.15) is 0 Å². The molecule has 0 unspecified atom stereocenters. The quantitative estimate of drug-likeness (QED) is 0.172. The molecule has 0 aliphatic rings. The van der Waals surface area contributed by atoms with Gasteiger partial charge in [-0.25, -0.2) is 15.0 Å². The highest BCUT2D eigenvalue weighted by molar-refractivity contribution is 7.26. The lowest BCUT2D eigenvalue weighted by Gasteiger charge is -2.17. The summed E-state index contributed by atoms with van der Waals surface area (Å²) in [5, 5.41) is 14.1. The molecule has 0 saturated heterocycles. The number of nitrogens with zero attached hydrogens (tertiary/aromatic N) is 4. The highest BCUT2D eigenvalue weighted by Crippen LogP contribution is 2.45. The molecule has 0 bridgehead atoms. The Bertz CT molecular complexity index is 4830. The van der Waals surface area contributed by atoms with Crippen LogP contribution in [0.3, 0.4) is 0 Å². The van der Waals surface area contributed by atoms with Crippen molar-refractivity contribution in [1.82, 2.24) is 19.5 Å². The van der Waals surface area contributed by atoms with Crippen LogP contribution in [0.2, 0.25) is 0 Å². The number of hydrogen-bond donors (Lipinski definition) is 0. The normalized spacial score (nSPS) is 12.2. The van der Waals surface area contributed by atoms with Crippen LogP contribution in [0.4, 0.5) is 0 Å². The summed E-state index contributed by atoms with van der Waals surface area (Å²) in [6.07, 6.45) is 0. The van der Waals surface area contributed by atoms with Crippen LogP contribution in [0.25, 0.3) is 157 Å². The monoisotopic (exact) mass is 952 g/mol. The van der Waals surface area contributed by atoms with Gasteiger partial charge in [0.25, 0.3) is 0 Å². The van der Waals surface area contributed by atoms with E-state index < -0.39 is 0 Å². The number of fused-ring (bicyclic) bond motifs is 15. The van der Waals surface area contributed by atoms with Crippen molar-refractivity contribution in [1.29, 1.82) is 0 Å². The van der Waals surface area contributed by atoms with Gasteiger partial charge in [-0.3, -0.25) is 0 Å². The van der Waals surface area contributed by atoms with E-state index in [1.165, 1.54) is 61.9 Å². The molecule has 0 aliphatic heterocycles. The summed E-state index contributed by atoms with van der Waals surface area (Å²) in [7, 11) is 0.